The molecule has 2 aliphatic heterocycles. The molecule has 1 fully saturated rings. The number of hydrogen-bond acceptors (Lipinski definition) is 4. The Hall–Kier alpha value is -1.46. The lowest BCUT2D eigenvalue weighted by atomic mass is 10.1. The molecule has 1 aromatic heterocycles. The Labute approximate surface area is 106 Å². The normalized spacial score (nSPS) is 23.6. The predicted molar refractivity (Wildman–Crippen MR) is 66.0 cm³/mol. The van der Waals surface area contributed by atoms with E-state index in [1.165, 1.54) is 0 Å². The lowest BCUT2D eigenvalue weighted by molar-refractivity contribution is -0.146. The van der Waals surface area contributed by atoms with E-state index >= 15 is 0 Å². The number of rotatable bonds is 1. The molecule has 0 aliphatic carbocycles. The molecule has 0 aromatic carbocycles. The van der Waals surface area contributed by atoms with Crippen LogP contribution in [0.1, 0.15) is 11.3 Å². The summed E-state index contributed by atoms with van der Waals surface area (Å²) in [6, 6.07) is 3.97. The van der Waals surface area contributed by atoms with Crippen LogP contribution in [0.5, 0.6) is 0 Å². The van der Waals surface area contributed by atoms with Crippen LogP contribution in [0.3, 0.4) is 0 Å². The highest BCUT2D eigenvalue weighted by atomic mass is 16.5. The maximum atomic E-state index is 12.3. The zero-order valence-corrected chi connectivity index (χ0v) is 10.3. The Bertz CT molecular complexity index is 444. The minimum atomic E-state index is -0.322. The Morgan fingerprint density at radius 1 is 1.56 bits per heavy atom. The summed E-state index contributed by atoms with van der Waals surface area (Å²) in [5, 5.41) is 3.19. The van der Waals surface area contributed by atoms with Crippen LogP contribution in [-0.2, 0) is 22.5 Å². The molecule has 5 nitrogen and oxygen atoms in total. The van der Waals surface area contributed by atoms with Crippen LogP contribution in [0.2, 0.25) is 0 Å². The van der Waals surface area contributed by atoms with Gasteiger partial charge in [0.05, 0.1) is 6.61 Å². The number of carbonyl (C=O) groups is 1. The number of nitrogens with zero attached hydrogens (tertiary/aromatic N) is 2. The van der Waals surface area contributed by atoms with Crippen LogP contribution in [0.25, 0.3) is 0 Å². The SMILES string of the molecule is O=C(C1CNCCO1)N1CCc2ncccc2C1. The molecule has 1 saturated heterocycles. The highest BCUT2D eigenvalue weighted by Crippen LogP contribution is 2.17. The standard InChI is InChI=1S/C13H17N3O2/c17-13(12-8-14-5-7-18-12)16-6-3-11-10(9-16)2-1-4-15-11/h1-2,4,12,14H,3,5-9H2. The van der Waals surface area contributed by atoms with E-state index in [0.29, 0.717) is 19.7 Å². The van der Waals surface area contributed by atoms with E-state index in [1.807, 2.05) is 23.2 Å². The predicted octanol–water partition coefficient (Wildman–Crippen LogP) is -0.0453. The first-order chi connectivity index (χ1) is 8.84. The van der Waals surface area contributed by atoms with Gasteiger partial charge < -0.3 is 15.0 Å². The molecule has 2 aliphatic rings. The van der Waals surface area contributed by atoms with E-state index in [2.05, 4.69) is 10.3 Å². The second-order valence-electron chi connectivity index (χ2n) is 4.68. The lowest BCUT2D eigenvalue weighted by Crippen LogP contribution is -2.50. The second kappa shape index (κ2) is 5.04. The van der Waals surface area contributed by atoms with Gasteiger partial charge in [-0.3, -0.25) is 9.78 Å². The van der Waals surface area contributed by atoms with E-state index in [9.17, 15) is 4.79 Å². The van der Waals surface area contributed by atoms with Crippen molar-refractivity contribution in [1.82, 2.24) is 15.2 Å². The maximum absolute atomic E-state index is 12.3. The van der Waals surface area contributed by atoms with Crippen LogP contribution in [0, 0.1) is 0 Å². The molecule has 3 rings (SSSR count). The van der Waals surface area contributed by atoms with Crippen LogP contribution in [0.15, 0.2) is 18.3 Å². The van der Waals surface area contributed by atoms with Crippen molar-refractivity contribution in [2.75, 3.05) is 26.2 Å². The molecular weight excluding hydrogens is 230 g/mol. The molecule has 18 heavy (non-hydrogen) atoms. The number of amides is 1. The van der Waals surface area contributed by atoms with Gasteiger partial charge in [0, 0.05) is 44.5 Å². The summed E-state index contributed by atoms with van der Waals surface area (Å²) in [7, 11) is 0. The van der Waals surface area contributed by atoms with Crippen molar-refractivity contribution in [2.24, 2.45) is 0 Å². The number of hydrogen-bond donors (Lipinski definition) is 1. The first kappa shape index (κ1) is 11.6. The smallest absolute Gasteiger partial charge is 0.253 e. The third-order valence-corrected chi connectivity index (χ3v) is 3.48. The van der Waals surface area contributed by atoms with E-state index in [4.69, 9.17) is 4.74 Å². The van der Waals surface area contributed by atoms with Gasteiger partial charge >= 0.3 is 0 Å². The zero-order valence-electron chi connectivity index (χ0n) is 10.3. The monoisotopic (exact) mass is 247 g/mol. The van der Waals surface area contributed by atoms with Gasteiger partial charge in [-0.15, -0.1) is 0 Å². The molecule has 3 heterocycles. The molecule has 0 bridgehead atoms. The van der Waals surface area contributed by atoms with E-state index < -0.39 is 0 Å². The van der Waals surface area contributed by atoms with Crippen molar-refractivity contribution in [3.05, 3.63) is 29.6 Å². The van der Waals surface area contributed by atoms with Crippen molar-refractivity contribution in [3.63, 3.8) is 0 Å². The van der Waals surface area contributed by atoms with Gasteiger partial charge in [0.25, 0.3) is 5.91 Å². The first-order valence-corrected chi connectivity index (χ1v) is 6.38. The highest BCUT2D eigenvalue weighted by Gasteiger charge is 2.29. The van der Waals surface area contributed by atoms with Crippen LogP contribution < -0.4 is 5.32 Å². The molecule has 1 N–H and O–H groups in total. The average molecular weight is 247 g/mol. The van der Waals surface area contributed by atoms with Gasteiger partial charge in [-0.2, -0.15) is 0 Å². The number of fused-ring (bicyclic) bond motifs is 1. The van der Waals surface area contributed by atoms with Crippen LogP contribution in [0.4, 0.5) is 0 Å². The largest absolute Gasteiger partial charge is 0.366 e. The van der Waals surface area contributed by atoms with Crippen LogP contribution >= 0.6 is 0 Å². The maximum Gasteiger partial charge on any atom is 0.253 e. The Morgan fingerprint density at radius 3 is 3.33 bits per heavy atom. The number of carbonyl (C=O) groups excluding carboxylic acids is 1. The third kappa shape index (κ3) is 2.23. The fraction of sp³-hybridized carbons (Fsp3) is 0.538. The van der Waals surface area contributed by atoms with Crippen molar-refractivity contribution in [1.29, 1.82) is 0 Å². The molecular formula is C13H17N3O2. The molecule has 1 aromatic rings. The summed E-state index contributed by atoms with van der Waals surface area (Å²) in [5.41, 5.74) is 2.27. The van der Waals surface area contributed by atoms with Crippen molar-refractivity contribution in [2.45, 2.75) is 19.1 Å². The molecule has 1 unspecified atom stereocenters. The van der Waals surface area contributed by atoms with Gasteiger partial charge in [0.2, 0.25) is 0 Å². The first-order valence-electron chi connectivity index (χ1n) is 6.38. The summed E-state index contributed by atoms with van der Waals surface area (Å²) in [5.74, 6) is 0.0942. The average Bonchev–Trinajstić information content (AvgIpc) is 2.47. The van der Waals surface area contributed by atoms with Gasteiger partial charge in [-0.05, 0) is 11.6 Å². The summed E-state index contributed by atoms with van der Waals surface area (Å²) >= 11 is 0. The molecule has 0 radical (unpaired) electrons. The zero-order chi connectivity index (χ0) is 12.4. The van der Waals surface area contributed by atoms with Gasteiger partial charge in [-0.1, -0.05) is 6.07 Å². The summed E-state index contributed by atoms with van der Waals surface area (Å²) in [6.07, 6.45) is 2.32. The summed E-state index contributed by atoms with van der Waals surface area (Å²) in [6.45, 7) is 3.46. The fourth-order valence-corrected chi connectivity index (χ4v) is 2.48. The quantitative estimate of drug-likeness (QED) is 0.756. The van der Waals surface area contributed by atoms with Crippen molar-refractivity contribution >= 4 is 5.91 Å². The number of aromatic nitrogens is 1. The molecule has 1 atom stereocenters. The van der Waals surface area contributed by atoms with Gasteiger partial charge in [0.1, 0.15) is 6.10 Å². The second-order valence-corrected chi connectivity index (χ2v) is 4.68. The minimum absolute atomic E-state index is 0.0942. The lowest BCUT2D eigenvalue weighted by Gasteiger charge is -2.32. The van der Waals surface area contributed by atoms with Crippen molar-refractivity contribution < 1.29 is 9.53 Å². The Kier molecular flexibility index (Phi) is 3.25. The van der Waals surface area contributed by atoms with E-state index in [-0.39, 0.29) is 12.0 Å². The number of pyridine rings is 1. The summed E-state index contributed by atoms with van der Waals surface area (Å²) < 4.78 is 5.51. The van der Waals surface area contributed by atoms with Crippen molar-refractivity contribution in [3.8, 4) is 0 Å². The van der Waals surface area contributed by atoms with Gasteiger partial charge in [0.15, 0.2) is 0 Å². The number of ether oxygens (including phenoxy) is 1. The van der Waals surface area contributed by atoms with Gasteiger partial charge in [-0.25, -0.2) is 0 Å². The molecule has 5 heteroatoms. The number of morpholine rings is 1. The molecule has 1 amide bonds. The van der Waals surface area contributed by atoms with E-state index in [0.717, 1.165) is 30.8 Å². The molecule has 0 spiro atoms. The molecule has 0 saturated carbocycles. The topological polar surface area (TPSA) is 54.5 Å². The molecule has 96 valence electrons. The van der Waals surface area contributed by atoms with E-state index in [1.54, 1.807) is 0 Å². The Morgan fingerprint density at radius 2 is 2.50 bits per heavy atom. The third-order valence-electron chi connectivity index (χ3n) is 3.48. The highest BCUT2D eigenvalue weighted by molar-refractivity contribution is 5.81. The fourth-order valence-electron chi connectivity index (χ4n) is 2.48. The Balaban J connectivity index is 1.69. The summed E-state index contributed by atoms with van der Waals surface area (Å²) in [4.78, 5) is 18.5. The minimum Gasteiger partial charge on any atom is -0.366 e. The number of nitrogens with one attached hydrogen (secondary N) is 1. The van der Waals surface area contributed by atoms with Crippen LogP contribution in [-0.4, -0.2) is 48.1 Å².